The zero-order valence-corrected chi connectivity index (χ0v) is 19.4. The van der Waals surface area contributed by atoms with Crippen molar-refractivity contribution in [2.75, 3.05) is 31.6 Å². The van der Waals surface area contributed by atoms with Gasteiger partial charge in [-0.2, -0.15) is 10.2 Å². The van der Waals surface area contributed by atoms with Crippen LogP contribution in [0.3, 0.4) is 0 Å². The van der Waals surface area contributed by atoms with Gasteiger partial charge in [0.25, 0.3) is 5.91 Å². The molecule has 4 rings (SSSR count). The number of imide groups is 1. The Kier molecular flexibility index (Phi) is 7.16. The molecule has 0 aromatic heterocycles. The van der Waals surface area contributed by atoms with Crippen molar-refractivity contribution >= 4 is 40.7 Å². The van der Waals surface area contributed by atoms with Gasteiger partial charge in [0.05, 0.1) is 17.9 Å². The Morgan fingerprint density at radius 3 is 2.66 bits per heavy atom. The summed E-state index contributed by atoms with van der Waals surface area (Å²) >= 11 is 0. The van der Waals surface area contributed by atoms with Crippen LogP contribution in [0.5, 0.6) is 0 Å². The SMILES string of the molecule is CN(CC(=O)NCCN)c1ccc(N=Nc2cccc3c2CN(C2CCC(=O)NC2=O)C3=O)cc1. The Hall–Kier alpha value is -4.12. The molecule has 2 aliphatic heterocycles. The monoisotopic (exact) mass is 477 g/mol. The first-order chi connectivity index (χ1) is 16.9. The smallest absolute Gasteiger partial charge is 0.255 e. The highest BCUT2D eigenvalue weighted by Gasteiger charge is 2.39. The summed E-state index contributed by atoms with van der Waals surface area (Å²) in [5.74, 6) is -1.14. The number of piperidine rings is 1. The largest absolute Gasteiger partial charge is 0.365 e. The van der Waals surface area contributed by atoms with Gasteiger partial charge in [-0.25, -0.2) is 0 Å². The number of nitrogens with zero attached hydrogens (tertiary/aromatic N) is 4. The molecule has 1 unspecified atom stereocenters. The summed E-state index contributed by atoms with van der Waals surface area (Å²) in [4.78, 5) is 51.8. The number of hydrogen-bond acceptors (Lipinski definition) is 8. The van der Waals surface area contributed by atoms with Crippen molar-refractivity contribution in [3.8, 4) is 0 Å². The van der Waals surface area contributed by atoms with Crippen molar-refractivity contribution in [1.82, 2.24) is 15.5 Å². The van der Waals surface area contributed by atoms with Gasteiger partial charge in [0, 0.05) is 49.9 Å². The van der Waals surface area contributed by atoms with Crippen LogP contribution in [0, 0.1) is 0 Å². The molecule has 182 valence electrons. The number of amides is 4. The van der Waals surface area contributed by atoms with Crippen LogP contribution in [-0.2, 0) is 20.9 Å². The number of hydrogen-bond donors (Lipinski definition) is 3. The number of nitrogens with one attached hydrogen (secondary N) is 2. The molecule has 1 saturated heterocycles. The lowest BCUT2D eigenvalue weighted by molar-refractivity contribution is -0.137. The molecule has 2 heterocycles. The molecule has 2 aliphatic rings. The van der Waals surface area contributed by atoms with Crippen LogP contribution in [0.25, 0.3) is 0 Å². The molecule has 11 heteroatoms. The summed E-state index contributed by atoms with van der Waals surface area (Å²) in [5, 5.41) is 13.7. The van der Waals surface area contributed by atoms with Gasteiger partial charge in [-0.15, -0.1) is 0 Å². The standard InChI is InChI=1S/C24H27N7O4/c1-30(14-22(33)26-12-11-25)16-7-5-15(6-8-16)28-29-19-4-2-3-17-18(19)13-31(24(17)35)20-9-10-21(32)27-23(20)34/h2-8,20H,9-14,25H2,1H3,(H,26,33)(H,27,32,34). The van der Waals surface area contributed by atoms with Crippen molar-refractivity contribution in [3.63, 3.8) is 0 Å². The average molecular weight is 478 g/mol. The normalized spacial score (nSPS) is 17.5. The summed E-state index contributed by atoms with van der Waals surface area (Å²) in [5.41, 5.74) is 8.58. The second-order valence-corrected chi connectivity index (χ2v) is 8.41. The van der Waals surface area contributed by atoms with E-state index in [0.29, 0.717) is 42.0 Å². The van der Waals surface area contributed by atoms with E-state index < -0.39 is 11.9 Å². The molecule has 4 N–H and O–H groups in total. The fourth-order valence-corrected chi connectivity index (χ4v) is 4.12. The van der Waals surface area contributed by atoms with E-state index >= 15 is 0 Å². The van der Waals surface area contributed by atoms with E-state index in [0.717, 1.165) is 5.69 Å². The van der Waals surface area contributed by atoms with Crippen molar-refractivity contribution in [1.29, 1.82) is 0 Å². The summed E-state index contributed by atoms with van der Waals surface area (Å²) in [6.07, 6.45) is 0.503. The average Bonchev–Trinajstić information content (AvgIpc) is 3.18. The molecule has 1 atom stereocenters. The number of anilines is 1. The van der Waals surface area contributed by atoms with Crippen molar-refractivity contribution in [2.45, 2.75) is 25.4 Å². The van der Waals surface area contributed by atoms with Gasteiger partial charge in [-0.3, -0.25) is 24.5 Å². The molecule has 4 amide bonds. The lowest BCUT2D eigenvalue weighted by atomic mass is 10.0. The third kappa shape index (κ3) is 5.35. The lowest BCUT2D eigenvalue weighted by Crippen LogP contribution is -2.52. The summed E-state index contributed by atoms with van der Waals surface area (Å²) in [6, 6.07) is 11.8. The Balaban J connectivity index is 1.44. The number of rotatable bonds is 8. The summed E-state index contributed by atoms with van der Waals surface area (Å²) in [6.45, 7) is 1.26. The van der Waals surface area contributed by atoms with Gasteiger partial charge in [0.1, 0.15) is 6.04 Å². The summed E-state index contributed by atoms with van der Waals surface area (Å²) < 4.78 is 0. The molecule has 1 fully saturated rings. The highest BCUT2D eigenvalue weighted by molar-refractivity contribution is 6.06. The van der Waals surface area contributed by atoms with Gasteiger partial charge in [-0.1, -0.05) is 6.07 Å². The van der Waals surface area contributed by atoms with E-state index in [4.69, 9.17) is 5.73 Å². The molecule has 35 heavy (non-hydrogen) atoms. The van der Waals surface area contributed by atoms with Crippen LogP contribution in [0.15, 0.2) is 52.7 Å². The van der Waals surface area contributed by atoms with Gasteiger partial charge in [0.15, 0.2) is 0 Å². The Morgan fingerprint density at radius 1 is 1.17 bits per heavy atom. The molecule has 0 saturated carbocycles. The fourth-order valence-electron chi connectivity index (χ4n) is 4.12. The highest BCUT2D eigenvalue weighted by atomic mass is 16.2. The predicted molar refractivity (Wildman–Crippen MR) is 128 cm³/mol. The molecular weight excluding hydrogens is 450 g/mol. The number of benzene rings is 2. The van der Waals surface area contributed by atoms with Crippen LogP contribution in [0.1, 0.15) is 28.8 Å². The van der Waals surface area contributed by atoms with E-state index in [1.165, 1.54) is 4.90 Å². The Bertz CT molecular complexity index is 1180. The number of likely N-dealkylation sites (N-methyl/N-ethyl adjacent to an activating group) is 1. The minimum Gasteiger partial charge on any atom is -0.365 e. The molecule has 2 aromatic carbocycles. The topological polar surface area (TPSA) is 150 Å². The maximum Gasteiger partial charge on any atom is 0.255 e. The van der Waals surface area contributed by atoms with Gasteiger partial charge in [-0.05, 0) is 42.8 Å². The number of azo groups is 1. The predicted octanol–water partition coefficient (Wildman–Crippen LogP) is 1.37. The van der Waals surface area contributed by atoms with Gasteiger partial charge >= 0.3 is 0 Å². The zero-order valence-electron chi connectivity index (χ0n) is 19.4. The van der Waals surface area contributed by atoms with Crippen LogP contribution >= 0.6 is 0 Å². The minimum atomic E-state index is -0.681. The van der Waals surface area contributed by atoms with Gasteiger partial charge < -0.3 is 20.9 Å². The van der Waals surface area contributed by atoms with E-state index in [9.17, 15) is 19.2 Å². The fraction of sp³-hybridized carbons (Fsp3) is 0.333. The molecule has 0 spiro atoms. The first-order valence-corrected chi connectivity index (χ1v) is 11.3. The van der Waals surface area contributed by atoms with Crippen LogP contribution < -0.4 is 21.3 Å². The second kappa shape index (κ2) is 10.4. The van der Waals surface area contributed by atoms with Crippen LogP contribution in [-0.4, -0.2) is 61.3 Å². The zero-order chi connectivity index (χ0) is 24.9. The molecule has 0 bridgehead atoms. The van der Waals surface area contributed by atoms with E-state index in [1.54, 1.807) is 30.3 Å². The Morgan fingerprint density at radius 2 is 1.94 bits per heavy atom. The van der Waals surface area contributed by atoms with Gasteiger partial charge in [0.2, 0.25) is 17.7 Å². The van der Waals surface area contributed by atoms with Crippen LogP contribution in [0.2, 0.25) is 0 Å². The highest BCUT2D eigenvalue weighted by Crippen LogP contribution is 2.34. The summed E-state index contributed by atoms with van der Waals surface area (Å²) in [7, 11) is 1.82. The maximum atomic E-state index is 12.9. The third-order valence-corrected chi connectivity index (χ3v) is 5.97. The molecule has 2 aromatic rings. The minimum absolute atomic E-state index is 0.111. The number of carbonyl (C=O) groups is 4. The van der Waals surface area contributed by atoms with Crippen molar-refractivity contribution in [3.05, 3.63) is 53.6 Å². The quantitative estimate of drug-likeness (QED) is 0.386. The third-order valence-electron chi connectivity index (χ3n) is 5.97. The Labute approximate surface area is 202 Å². The number of carbonyl (C=O) groups excluding carboxylic acids is 4. The van der Waals surface area contributed by atoms with Crippen LogP contribution in [0.4, 0.5) is 17.1 Å². The molecule has 0 aliphatic carbocycles. The molecular formula is C24H27N7O4. The number of nitrogens with two attached hydrogens (primary N) is 1. The first-order valence-electron chi connectivity index (χ1n) is 11.3. The molecule has 11 nitrogen and oxygen atoms in total. The van der Waals surface area contributed by atoms with Crippen molar-refractivity contribution < 1.29 is 19.2 Å². The van der Waals surface area contributed by atoms with E-state index in [2.05, 4.69) is 20.9 Å². The van der Waals surface area contributed by atoms with E-state index in [1.807, 2.05) is 24.1 Å². The van der Waals surface area contributed by atoms with Crippen molar-refractivity contribution in [2.24, 2.45) is 16.0 Å². The lowest BCUT2D eigenvalue weighted by Gasteiger charge is -2.29. The molecule has 0 radical (unpaired) electrons. The number of fused-ring (bicyclic) bond motifs is 1. The van der Waals surface area contributed by atoms with E-state index in [-0.39, 0.29) is 37.2 Å². The second-order valence-electron chi connectivity index (χ2n) is 8.41. The first kappa shape index (κ1) is 24.0. The maximum absolute atomic E-state index is 12.9.